The highest BCUT2D eigenvalue weighted by Gasteiger charge is 2.44. The van der Waals surface area contributed by atoms with Crippen LogP contribution in [0.1, 0.15) is 48.0 Å². The van der Waals surface area contributed by atoms with Crippen molar-refractivity contribution in [3.05, 3.63) is 0 Å². The monoisotopic (exact) mass is 315 g/mol. The summed E-state index contributed by atoms with van der Waals surface area (Å²) in [5, 5.41) is 0. The molecule has 0 aromatic heterocycles. The summed E-state index contributed by atoms with van der Waals surface area (Å²) in [5.74, 6) is -0.532. The lowest BCUT2D eigenvalue weighted by molar-refractivity contribution is -0.160. The number of esters is 1. The first-order valence-electron chi connectivity index (χ1n) is 7.24. The van der Waals surface area contributed by atoms with Gasteiger partial charge in [-0.25, -0.2) is 9.59 Å². The van der Waals surface area contributed by atoms with Crippen molar-refractivity contribution >= 4 is 18.5 Å². The van der Waals surface area contributed by atoms with Gasteiger partial charge in [0, 0.05) is 6.42 Å². The Balaban J connectivity index is 2.87. The first-order chi connectivity index (χ1) is 9.93. The number of amides is 1. The fourth-order valence-corrected chi connectivity index (χ4v) is 2.09. The fourth-order valence-electron chi connectivity index (χ4n) is 2.09. The Hall–Kier alpha value is -1.79. The summed E-state index contributed by atoms with van der Waals surface area (Å²) in [6, 6.07) is -0.820. The van der Waals surface area contributed by atoms with Crippen LogP contribution in [0.4, 0.5) is 4.79 Å². The predicted molar refractivity (Wildman–Crippen MR) is 78.1 cm³/mol. The van der Waals surface area contributed by atoms with Gasteiger partial charge in [0.15, 0.2) is 0 Å². The Morgan fingerprint density at radius 1 is 1.05 bits per heavy atom. The zero-order chi connectivity index (χ0) is 17.1. The molecule has 0 aromatic rings. The number of hydrogen-bond acceptors (Lipinski definition) is 6. The van der Waals surface area contributed by atoms with E-state index in [4.69, 9.17) is 14.2 Å². The molecular weight excluding hydrogens is 290 g/mol. The Kier molecular flexibility index (Phi) is 5.43. The summed E-state index contributed by atoms with van der Waals surface area (Å²) < 4.78 is 15.5. The summed E-state index contributed by atoms with van der Waals surface area (Å²) >= 11 is 0. The van der Waals surface area contributed by atoms with Gasteiger partial charge in [0.25, 0.3) is 6.47 Å². The third-order valence-electron chi connectivity index (χ3n) is 2.82. The fraction of sp³-hybridized carbons (Fsp3) is 0.800. The molecule has 1 heterocycles. The number of ether oxygens (including phenoxy) is 3. The molecule has 0 spiro atoms. The highest BCUT2D eigenvalue weighted by atomic mass is 16.6. The van der Waals surface area contributed by atoms with E-state index in [1.165, 1.54) is 4.90 Å². The SMILES string of the molecule is CC(C)(C)OC(=O)C1CC(OC=O)CN1C(=O)OC(C)(C)C. The summed E-state index contributed by atoms with van der Waals surface area (Å²) in [4.78, 5) is 36.3. The molecule has 1 fully saturated rings. The Labute approximate surface area is 130 Å². The second-order valence-corrected chi connectivity index (χ2v) is 7.27. The van der Waals surface area contributed by atoms with Gasteiger partial charge in [-0.05, 0) is 41.5 Å². The zero-order valence-electron chi connectivity index (χ0n) is 14.0. The number of nitrogens with zero attached hydrogens (tertiary/aromatic N) is 1. The maximum atomic E-state index is 12.3. The zero-order valence-corrected chi connectivity index (χ0v) is 14.0. The van der Waals surface area contributed by atoms with Crippen LogP contribution < -0.4 is 0 Å². The van der Waals surface area contributed by atoms with Gasteiger partial charge in [-0.1, -0.05) is 0 Å². The molecule has 0 N–H and O–H groups in total. The van der Waals surface area contributed by atoms with Crippen molar-refractivity contribution in [1.82, 2.24) is 4.90 Å². The average molecular weight is 315 g/mol. The number of carbonyl (C=O) groups is 3. The molecule has 0 radical (unpaired) electrons. The van der Waals surface area contributed by atoms with Gasteiger partial charge < -0.3 is 14.2 Å². The van der Waals surface area contributed by atoms with Gasteiger partial charge >= 0.3 is 12.1 Å². The minimum absolute atomic E-state index is 0.109. The van der Waals surface area contributed by atoms with Gasteiger partial charge in [0.1, 0.15) is 23.3 Å². The highest BCUT2D eigenvalue weighted by molar-refractivity contribution is 5.82. The summed E-state index contributed by atoms with van der Waals surface area (Å²) in [5.41, 5.74) is -1.35. The third kappa shape index (κ3) is 5.54. The number of carbonyl (C=O) groups excluding carboxylic acids is 3. The standard InChI is InChI=1S/C15H25NO6/c1-14(2,3)21-12(18)11-7-10(20-9-17)8-16(11)13(19)22-15(4,5)6/h9-11H,7-8H2,1-6H3. The molecule has 1 aliphatic rings. The molecule has 22 heavy (non-hydrogen) atoms. The van der Waals surface area contributed by atoms with Gasteiger partial charge in [-0.15, -0.1) is 0 Å². The van der Waals surface area contributed by atoms with Crippen LogP contribution in [0.25, 0.3) is 0 Å². The smallest absolute Gasteiger partial charge is 0.411 e. The molecule has 126 valence electrons. The summed E-state index contributed by atoms with van der Waals surface area (Å²) in [6.45, 7) is 10.9. The largest absolute Gasteiger partial charge is 0.463 e. The minimum atomic E-state index is -0.820. The van der Waals surface area contributed by atoms with E-state index >= 15 is 0 Å². The Morgan fingerprint density at radius 3 is 2.05 bits per heavy atom. The van der Waals surface area contributed by atoms with Crippen LogP contribution in [-0.4, -0.2) is 53.3 Å². The lowest BCUT2D eigenvalue weighted by Crippen LogP contribution is -2.45. The van der Waals surface area contributed by atoms with Gasteiger partial charge in [0.05, 0.1) is 6.54 Å². The molecule has 2 atom stereocenters. The van der Waals surface area contributed by atoms with Crippen molar-refractivity contribution in [3.63, 3.8) is 0 Å². The van der Waals surface area contributed by atoms with E-state index in [2.05, 4.69) is 0 Å². The lowest BCUT2D eigenvalue weighted by atomic mass is 10.1. The normalized spacial score (nSPS) is 22.2. The Bertz CT molecular complexity index is 398. The molecule has 0 bridgehead atoms. The average Bonchev–Trinajstić information content (AvgIpc) is 2.69. The first kappa shape index (κ1) is 18.3. The van der Waals surface area contributed by atoms with E-state index in [0.29, 0.717) is 6.47 Å². The van der Waals surface area contributed by atoms with Crippen molar-refractivity contribution in [2.45, 2.75) is 71.3 Å². The van der Waals surface area contributed by atoms with E-state index in [0.717, 1.165) is 0 Å². The van der Waals surface area contributed by atoms with Crippen LogP contribution in [0.3, 0.4) is 0 Å². The van der Waals surface area contributed by atoms with Crippen LogP contribution in [0, 0.1) is 0 Å². The molecule has 7 nitrogen and oxygen atoms in total. The molecule has 2 unspecified atom stereocenters. The van der Waals surface area contributed by atoms with Gasteiger partial charge in [-0.2, -0.15) is 0 Å². The Morgan fingerprint density at radius 2 is 1.59 bits per heavy atom. The molecule has 0 aromatic carbocycles. The maximum absolute atomic E-state index is 12.3. The van der Waals surface area contributed by atoms with Gasteiger partial charge in [-0.3, -0.25) is 9.69 Å². The van der Waals surface area contributed by atoms with E-state index < -0.39 is 35.4 Å². The lowest BCUT2D eigenvalue weighted by Gasteiger charge is -2.29. The quantitative estimate of drug-likeness (QED) is 0.449. The number of hydrogen-bond donors (Lipinski definition) is 0. The van der Waals surface area contributed by atoms with Crippen molar-refractivity contribution < 1.29 is 28.6 Å². The predicted octanol–water partition coefficient (Wildman–Crippen LogP) is 1.88. The summed E-state index contributed by atoms with van der Waals surface area (Å²) in [7, 11) is 0. The molecule has 1 saturated heterocycles. The van der Waals surface area contributed by atoms with Crippen molar-refractivity contribution in [2.24, 2.45) is 0 Å². The van der Waals surface area contributed by atoms with Crippen molar-refractivity contribution in [2.75, 3.05) is 6.54 Å². The highest BCUT2D eigenvalue weighted by Crippen LogP contribution is 2.25. The third-order valence-corrected chi connectivity index (χ3v) is 2.82. The van der Waals surface area contributed by atoms with Crippen LogP contribution in [0.2, 0.25) is 0 Å². The second-order valence-electron chi connectivity index (χ2n) is 7.27. The van der Waals surface area contributed by atoms with E-state index in [-0.39, 0.29) is 13.0 Å². The number of likely N-dealkylation sites (tertiary alicyclic amines) is 1. The molecular formula is C15H25NO6. The molecule has 1 amide bonds. The van der Waals surface area contributed by atoms with Crippen molar-refractivity contribution in [1.29, 1.82) is 0 Å². The molecule has 0 saturated carbocycles. The molecule has 0 aliphatic carbocycles. The summed E-state index contributed by atoms with van der Waals surface area (Å²) in [6.07, 6.45) is -0.963. The first-order valence-corrected chi connectivity index (χ1v) is 7.24. The van der Waals surface area contributed by atoms with E-state index in [9.17, 15) is 14.4 Å². The van der Waals surface area contributed by atoms with E-state index in [1.54, 1.807) is 41.5 Å². The number of rotatable bonds is 3. The minimum Gasteiger partial charge on any atom is -0.463 e. The van der Waals surface area contributed by atoms with E-state index in [1.807, 2.05) is 0 Å². The van der Waals surface area contributed by atoms with Crippen LogP contribution in [0.5, 0.6) is 0 Å². The van der Waals surface area contributed by atoms with Crippen molar-refractivity contribution in [3.8, 4) is 0 Å². The van der Waals surface area contributed by atoms with Gasteiger partial charge in [0.2, 0.25) is 0 Å². The maximum Gasteiger partial charge on any atom is 0.411 e. The van der Waals surface area contributed by atoms with Crippen LogP contribution >= 0.6 is 0 Å². The second kappa shape index (κ2) is 6.54. The molecule has 1 aliphatic heterocycles. The van der Waals surface area contributed by atoms with Crippen LogP contribution in [-0.2, 0) is 23.8 Å². The topological polar surface area (TPSA) is 82.1 Å². The molecule has 1 rings (SSSR count). The van der Waals surface area contributed by atoms with Crippen LogP contribution in [0.15, 0.2) is 0 Å². The molecule has 7 heteroatoms.